The Morgan fingerprint density at radius 2 is 2.14 bits per heavy atom. The topological polar surface area (TPSA) is 91.5 Å². The molecule has 2 aromatic rings. The number of nitrogens with zero attached hydrogens (tertiary/aromatic N) is 2. The zero-order valence-electron chi connectivity index (χ0n) is 11.6. The van der Waals surface area contributed by atoms with Gasteiger partial charge in [0.25, 0.3) is 0 Å². The normalized spacial score (nSPS) is 12.3. The quantitative estimate of drug-likeness (QED) is 0.638. The van der Waals surface area contributed by atoms with Crippen molar-refractivity contribution >= 4 is 5.82 Å². The molecule has 0 aliphatic carbocycles. The lowest BCUT2D eigenvalue weighted by molar-refractivity contribution is 0.174. The second kappa shape index (κ2) is 5.84. The van der Waals surface area contributed by atoms with Crippen LogP contribution in [0, 0.1) is 0 Å². The first-order valence-corrected chi connectivity index (χ1v) is 6.63. The van der Waals surface area contributed by atoms with Crippen molar-refractivity contribution in [3.63, 3.8) is 0 Å². The van der Waals surface area contributed by atoms with Crippen molar-refractivity contribution in [2.45, 2.75) is 20.0 Å². The predicted molar refractivity (Wildman–Crippen MR) is 76.1 cm³/mol. The van der Waals surface area contributed by atoms with E-state index in [1.807, 2.05) is 25.1 Å². The number of rotatable bonds is 5. The van der Waals surface area contributed by atoms with E-state index in [1.165, 1.54) is 6.33 Å². The van der Waals surface area contributed by atoms with Crippen molar-refractivity contribution < 1.29 is 14.2 Å². The number of nitrogens with two attached hydrogens (primary N) is 1. The van der Waals surface area contributed by atoms with Gasteiger partial charge in [0.2, 0.25) is 12.7 Å². The van der Waals surface area contributed by atoms with Crippen LogP contribution in [0.5, 0.6) is 17.4 Å². The average Bonchev–Trinajstić information content (AvgIpc) is 2.99. The molecule has 110 valence electrons. The first-order valence-electron chi connectivity index (χ1n) is 6.63. The minimum absolute atomic E-state index is 0.261. The molecule has 3 N–H and O–H groups in total. The second-order valence-corrected chi connectivity index (χ2v) is 4.48. The van der Waals surface area contributed by atoms with Crippen molar-refractivity contribution in [1.29, 1.82) is 0 Å². The summed E-state index contributed by atoms with van der Waals surface area (Å²) in [5.74, 6) is 8.03. The number of anilines is 1. The van der Waals surface area contributed by atoms with Crippen molar-refractivity contribution in [3.05, 3.63) is 35.7 Å². The maximum absolute atomic E-state index is 5.77. The van der Waals surface area contributed by atoms with Gasteiger partial charge in [0.15, 0.2) is 11.5 Å². The fourth-order valence-corrected chi connectivity index (χ4v) is 2.15. The van der Waals surface area contributed by atoms with E-state index in [2.05, 4.69) is 15.4 Å². The Kier molecular flexibility index (Phi) is 3.74. The molecule has 1 aromatic carbocycles. The van der Waals surface area contributed by atoms with E-state index in [1.54, 1.807) is 0 Å². The molecule has 0 fully saturated rings. The van der Waals surface area contributed by atoms with Crippen LogP contribution >= 0.6 is 0 Å². The van der Waals surface area contributed by atoms with Crippen LogP contribution in [0.25, 0.3) is 0 Å². The number of hydrazine groups is 1. The summed E-state index contributed by atoms with van der Waals surface area (Å²) in [5, 5.41) is 0. The smallest absolute Gasteiger partial charge is 0.231 e. The largest absolute Gasteiger partial charge is 0.472 e. The number of benzene rings is 1. The van der Waals surface area contributed by atoms with Gasteiger partial charge in [-0.2, -0.15) is 0 Å². The summed E-state index contributed by atoms with van der Waals surface area (Å²) >= 11 is 0. The molecule has 21 heavy (non-hydrogen) atoms. The molecular formula is C14H16N4O3. The Bertz CT molecular complexity index is 648. The zero-order chi connectivity index (χ0) is 14.7. The number of fused-ring (bicyclic) bond motifs is 1. The number of nitrogens with one attached hydrogen (secondary N) is 1. The molecule has 1 aliphatic rings. The van der Waals surface area contributed by atoms with Gasteiger partial charge in [-0.3, -0.25) is 0 Å². The van der Waals surface area contributed by atoms with E-state index in [9.17, 15) is 0 Å². The Labute approximate surface area is 122 Å². The number of ether oxygens (including phenoxy) is 3. The lowest BCUT2D eigenvalue weighted by atomic mass is 10.2. The number of nitrogen functional groups attached to an aromatic ring is 1. The molecule has 1 aromatic heterocycles. The van der Waals surface area contributed by atoms with E-state index in [-0.39, 0.29) is 6.79 Å². The Morgan fingerprint density at radius 1 is 1.29 bits per heavy atom. The van der Waals surface area contributed by atoms with Gasteiger partial charge in [0.1, 0.15) is 18.8 Å². The summed E-state index contributed by atoms with van der Waals surface area (Å²) in [7, 11) is 0. The van der Waals surface area contributed by atoms with Crippen molar-refractivity contribution in [2.24, 2.45) is 5.84 Å². The summed E-state index contributed by atoms with van der Waals surface area (Å²) < 4.78 is 16.4. The van der Waals surface area contributed by atoms with Gasteiger partial charge in [-0.1, -0.05) is 13.0 Å². The molecule has 0 bridgehead atoms. The molecule has 1 aliphatic heterocycles. The fraction of sp³-hybridized carbons (Fsp3) is 0.286. The second-order valence-electron chi connectivity index (χ2n) is 4.48. The monoisotopic (exact) mass is 288 g/mol. The maximum atomic E-state index is 5.77. The van der Waals surface area contributed by atoms with E-state index >= 15 is 0 Å². The van der Waals surface area contributed by atoms with Crippen molar-refractivity contribution in [2.75, 3.05) is 12.2 Å². The first kappa shape index (κ1) is 13.4. The van der Waals surface area contributed by atoms with Crippen LogP contribution in [-0.4, -0.2) is 16.8 Å². The van der Waals surface area contributed by atoms with Gasteiger partial charge in [-0.25, -0.2) is 15.8 Å². The van der Waals surface area contributed by atoms with Crippen LogP contribution < -0.4 is 25.5 Å². The molecule has 3 rings (SSSR count). The van der Waals surface area contributed by atoms with Crippen LogP contribution in [0.4, 0.5) is 5.82 Å². The van der Waals surface area contributed by atoms with Gasteiger partial charge < -0.3 is 19.6 Å². The molecule has 0 atom stereocenters. The third-order valence-corrected chi connectivity index (χ3v) is 3.21. The molecule has 0 spiro atoms. The van der Waals surface area contributed by atoms with Crippen LogP contribution in [0.3, 0.4) is 0 Å². The molecule has 7 heteroatoms. The number of hydrogen-bond donors (Lipinski definition) is 2. The summed E-state index contributed by atoms with van der Waals surface area (Å²) in [5.41, 5.74) is 4.37. The SMILES string of the molecule is CCc1c(NN)ncnc1OCc1ccc2c(c1)OCO2. The Balaban J connectivity index is 1.76. The van der Waals surface area contributed by atoms with E-state index in [0.717, 1.165) is 29.0 Å². The van der Waals surface area contributed by atoms with Gasteiger partial charge in [0, 0.05) is 0 Å². The highest BCUT2D eigenvalue weighted by Crippen LogP contribution is 2.33. The minimum atomic E-state index is 0.261. The molecule has 0 unspecified atom stereocenters. The third kappa shape index (κ3) is 2.68. The Hall–Kier alpha value is -2.54. The van der Waals surface area contributed by atoms with Crippen molar-refractivity contribution in [1.82, 2.24) is 9.97 Å². The van der Waals surface area contributed by atoms with Gasteiger partial charge in [0.05, 0.1) is 5.56 Å². The lowest BCUT2D eigenvalue weighted by Gasteiger charge is -2.12. The summed E-state index contributed by atoms with van der Waals surface area (Å²) in [6, 6.07) is 5.70. The molecule has 2 heterocycles. The lowest BCUT2D eigenvalue weighted by Crippen LogP contribution is -2.12. The highest BCUT2D eigenvalue weighted by molar-refractivity contribution is 5.48. The molecule has 0 amide bonds. The molecule has 0 saturated heterocycles. The molecule has 0 radical (unpaired) electrons. The molecule has 7 nitrogen and oxygen atoms in total. The standard InChI is InChI=1S/C14H16N4O3/c1-2-10-13(18-15)16-7-17-14(10)19-6-9-3-4-11-12(5-9)21-8-20-11/h3-5,7H,2,6,8,15H2,1H3,(H,16,17,18). The van der Waals surface area contributed by atoms with Gasteiger partial charge in [-0.15, -0.1) is 0 Å². The predicted octanol–water partition coefficient (Wildman–Crippen LogP) is 1.63. The van der Waals surface area contributed by atoms with Crippen LogP contribution in [0.2, 0.25) is 0 Å². The highest BCUT2D eigenvalue weighted by atomic mass is 16.7. The van der Waals surface area contributed by atoms with Crippen LogP contribution in [0.1, 0.15) is 18.1 Å². The first-order chi connectivity index (χ1) is 10.3. The summed E-state index contributed by atoms with van der Waals surface area (Å²) in [6.45, 7) is 2.63. The minimum Gasteiger partial charge on any atom is -0.472 e. The number of aromatic nitrogens is 2. The van der Waals surface area contributed by atoms with Crippen LogP contribution in [0.15, 0.2) is 24.5 Å². The number of hydrogen-bond acceptors (Lipinski definition) is 7. The van der Waals surface area contributed by atoms with E-state index < -0.39 is 0 Å². The molecular weight excluding hydrogens is 272 g/mol. The summed E-state index contributed by atoms with van der Waals surface area (Å²) in [4.78, 5) is 8.23. The van der Waals surface area contributed by atoms with Gasteiger partial charge in [-0.05, 0) is 24.1 Å². The zero-order valence-corrected chi connectivity index (χ0v) is 11.6. The van der Waals surface area contributed by atoms with Crippen molar-refractivity contribution in [3.8, 4) is 17.4 Å². The summed E-state index contributed by atoms with van der Waals surface area (Å²) in [6.07, 6.45) is 2.14. The highest BCUT2D eigenvalue weighted by Gasteiger charge is 2.14. The van der Waals surface area contributed by atoms with E-state index in [0.29, 0.717) is 18.3 Å². The van der Waals surface area contributed by atoms with Crippen LogP contribution in [-0.2, 0) is 13.0 Å². The average molecular weight is 288 g/mol. The van der Waals surface area contributed by atoms with E-state index in [4.69, 9.17) is 20.1 Å². The third-order valence-electron chi connectivity index (χ3n) is 3.21. The van der Waals surface area contributed by atoms with Gasteiger partial charge >= 0.3 is 0 Å². The Morgan fingerprint density at radius 3 is 2.95 bits per heavy atom. The fourth-order valence-electron chi connectivity index (χ4n) is 2.15. The maximum Gasteiger partial charge on any atom is 0.231 e. The molecule has 0 saturated carbocycles.